The first-order chi connectivity index (χ1) is 14.5. The maximum absolute atomic E-state index is 13.9. The summed E-state index contributed by atoms with van der Waals surface area (Å²) >= 11 is 0. The summed E-state index contributed by atoms with van der Waals surface area (Å²) in [5.74, 6) is -2.22. The first kappa shape index (κ1) is 20.2. The molecule has 0 spiro atoms. The average Bonchev–Trinajstić information content (AvgIpc) is 2.75. The fourth-order valence-electron chi connectivity index (χ4n) is 3.78. The third kappa shape index (κ3) is 4.26. The van der Waals surface area contributed by atoms with E-state index in [2.05, 4.69) is 30.0 Å². The number of Topliss-reactive ketones (excluding diaryl/α,β-unsaturated/α-hetero) is 1. The molecule has 3 aromatic carbocycles. The molecule has 0 N–H and O–H groups in total. The first-order valence-electron chi connectivity index (χ1n) is 10.0. The minimum Gasteiger partial charge on any atom is -0.378 e. The number of rotatable bonds is 5. The second-order valence-corrected chi connectivity index (χ2v) is 7.49. The molecule has 0 unspecified atom stereocenters. The second kappa shape index (κ2) is 8.76. The Hall–Kier alpha value is -3.05. The summed E-state index contributed by atoms with van der Waals surface area (Å²) < 4.78 is 33.1. The largest absolute Gasteiger partial charge is 0.378 e. The van der Waals surface area contributed by atoms with Gasteiger partial charge in [-0.2, -0.15) is 0 Å². The lowest BCUT2D eigenvalue weighted by Crippen LogP contribution is -2.36. The van der Waals surface area contributed by atoms with Gasteiger partial charge >= 0.3 is 0 Å². The van der Waals surface area contributed by atoms with E-state index in [0.717, 1.165) is 60.8 Å². The zero-order valence-electron chi connectivity index (χ0n) is 16.8. The molecule has 4 rings (SSSR count). The maximum atomic E-state index is 13.9. The van der Waals surface area contributed by atoms with Gasteiger partial charge in [0.25, 0.3) is 0 Å². The topological polar surface area (TPSA) is 29.5 Å². The standard InChI is InChI=1S/C25H23F2NO2/c1-17-5-10-20(28-11-13-30-14-12-28)16-21(17)19-8-6-18(7-9-19)15-24(29)25-22(26)3-2-4-23(25)27/h2-10,16H,11-15H2,1H3. The summed E-state index contributed by atoms with van der Waals surface area (Å²) in [6.45, 7) is 5.27. The Kier molecular flexibility index (Phi) is 5.91. The van der Waals surface area contributed by atoms with Crippen molar-refractivity contribution in [2.24, 2.45) is 0 Å². The number of anilines is 1. The summed E-state index contributed by atoms with van der Waals surface area (Å²) in [4.78, 5) is 14.7. The van der Waals surface area contributed by atoms with Crippen LogP contribution >= 0.6 is 0 Å². The van der Waals surface area contributed by atoms with E-state index >= 15 is 0 Å². The molecular formula is C25H23F2NO2. The molecule has 30 heavy (non-hydrogen) atoms. The van der Waals surface area contributed by atoms with Crippen molar-refractivity contribution in [3.05, 3.63) is 89.0 Å². The molecule has 1 heterocycles. The van der Waals surface area contributed by atoms with Crippen LogP contribution in [0.25, 0.3) is 11.1 Å². The second-order valence-electron chi connectivity index (χ2n) is 7.49. The molecule has 0 aromatic heterocycles. The summed E-state index contributed by atoms with van der Waals surface area (Å²) in [6.07, 6.45) is -0.0507. The number of benzene rings is 3. The van der Waals surface area contributed by atoms with Crippen molar-refractivity contribution in [1.29, 1.82) is 0 Å². The Morgan fingerprint density at radius 1 is 0.967 bits per heavy atom. The van der Waals surface area contributed by atoms with E-state index in [0.29, 0.717) is 5.56 Å². The van der Waals surface area contributed by atoms with Gasteiger partial charge in [0.2, 0.25) is 0 Å². The fraction of sp³-hybridized carbons (Fsp3) is 0.240. The molecule has 3 aromatic rings. The third-order valence-corrected chi connectivity index (χ3v) is 5.47. The lowest BCUT2D eigenvalue weighted by molar-refractivity contribution is 0.0985. The monoisotopic (exact) mass is 407 g/mol. The molecular weight excluding hydrogens is 384 g/mol. The van der Waals surface area contributed by atoms with E-state index in [-0.39, 0.29) is 6.42 Å². The highest BCUT2D eigenvalue weighted by Crippen LogP contribution is 2.29. The Morgan fingerprint density at radius 3 is 2.30 bits per heavy atom. The molecule has 0 aliphatic carbocycles. The van der Waals surface area contributed by atoms with Crippen LogP contribution in [0.1, 0.15) is 21.5 Å². The zero-order valence-corrected chi connectivity index (χ0v) is 16.8. The zero-order chi connectivity index (χ0) is 21.1. The highest BCUT2D eigenvalue weighted by atomic mass is 19.1. The normalized spacial score (nSPS) is 14.0. The fourth-order valence-corrected chi connectivity index (χ4v) is 3.78. The summed E-state index contributed by atoms with van der Waals surface area (Å²) in [5.41, 5.74) is 4.72. The van der Waals surface area contributed by atoms with Gasteiger partial charge in [-0.25, -0.2) is 8.78 Å². The Balaban J connectivity index is 1.54. The van der Waals surface area contributed by atoms with Gasteiger partial charge in [0.15, 0.2) is 5.78 Å². The van der Waals surface area contributed by atoms with E-state index < -0.39 is 23.0 Å². The van der Waals surface area contributed by atoms with Gasteiger partial charge < -0.3 is 9.64 Å². The molecule has 0 bridgehead atoms. The molecule has 5 heteroatoms. The van der Waals surface area contributed by atoms with Crippen LogP contribution in [0.5, 0.6) is 0 Å². The summed E-state index contributed by atoms with van der Waals surface area (Å²) in [7, 11) is 0. The molecule has 154 valence electrons. The molecule has 0 amide bonds. The van der Waals surface area contributed by atoms with Crippen molar-refractivity contribution in [3.63, 3.8) is 0 Å². The highest BCUT2D eigenvalue weighted by Gasteiger charge is 2.17. The van der Waals surface area contributed by atoms with Crippen LogP contribution in [0.3, 0.4) is 0 Å². The van der Waals surface area contributed by atoms with Crippen molar-refractivity contribution in [3.8, 4) is 11.1 Å². The van der Waals surface area contributed by atoms with Gasteiger partial charge in [0, 0.05) is 25.2 Å². The van der Waals surface area contributed by atoms with Crippen molar-refractivity contribution in [1.82, 2.24) is 0 Å². The highest BCUT2D eigenvalue weighted by molar-refractivity contribution is 5.98. The first-order valence-corrected chi connectivity index (χ1v) is 10.0. The van der Waals surface area contributed by atoms with Gasteiger partial charge in [0.05, 0.1) is 18.8 Å². The lowest BCUT2D eigenvalue weighted by Gasteiger charge is -2.29. The van der Waals surface area contributed by atoms with Crippen LogP contribution in [0, 0.1) is 18.6 Å². The molecule has 0 atom stereocenters. The van der Waals surface area contributed by atoms with Crippen LogP contribution in [0.15, 0.2) is 60.7 Å². The van der Waals surface area contributed by atoms with Crippen molar-refractivity contribution < 1.29 is 18.3 Å². The number of ketones is 1. The minimum atomic E-state index is -0.827. The SMILES string of the molecule is Cc1ccc(N2CCOCC2)cc1-c1ccc(CC(=O)c2c(F)cccc2F)cc1. The third-order valence-electron chi connectivity index (χ3n) is 5.47. The number of morpholine rings is 1. The smallest absolute Gasteiger partial charge is 0.173 e. The summed E-state index contributed by atoms with van der Waals surface area (Å²) in [5, 5.41) is 0. The lowest BCUT2D eigenvalue weighted by atomic mass is 9.96. The van der Waals surface area contributed by atoms with E-state index in [9.17, 15) is 13.6 Å². The van der Waals surface area contributed by atoms with Crippen molar-refractivity contribution in [2.45, 2.75) is 13.3 Å². The number of nitrogens with zero attached hydrogens (tertiary/aromatic N) is 1. The molecule has 3 nitrogen and oxygen atoms in total. The van der Waals surface area contributed by atoms with Crippen molar-refractivity contribution >= 4 is 11.5 Å². The molecule has 1 fully saturated rings. The van der Waals surface area contributed by atoms with Gasteiger partial charge in [-0.1, -0.05) is 36.4 Å². The van der Waals surface area contributed by atoms with Gasteiger partial charge in [-0.15, -0.1) is 0 Å². The van der Waals surface area contributed by atoms with Gasteiger partial charge in [-0.05, 0) is 53.4 Å². The molecule has 0 radical (unpaired) electrons. The number of carbonyl (C=O) groups excluding carboxylic acids is 1. The van der Waals surface area contributed by atoms with Crippen molar-refractivity contribution in [2.75, 3.05) is 31.2 Å². The van der Waals surface area contributed by atoms with E-state index in [1.165, 1.54) is 6.07 Å². The number of halogens is 2. The van der Waals surface area contributed by atoms with Crippen LogP contribution < -0.4 is 4.90 Å². The molecule has 1 aliphatic rings. The predicted octanol–water partition coefficient (Wildman–Crippen LogP) is 5.20. The minimum absolute atomic E-state index is 0.0507. The van der Waals surface area contributed by atoms with E-state index in [1.807, 2.05) is 24.3 Å². The van der Waals surface area contributed by atoms with Gasteiger partial charge in [0.1, 0.15) is 11.6 Å². The molecule has 1 aliphatic heterocycles. The average molecular weight is 407 g/mol. The Labute approximate surface area is 174 Å². The molecule has 1 saturated heterocycles. The quantitative estimate of drug-likeness (QED) is 0.545. The van der Waals surface area contributed by atoms with Crippen LogP contribution in [0.2, 0.25) is 0 Å². The Bertz CT molecular complexity index is 1040. The summed E-state index contributed by atoms with van der Waals surface area (Å²) in [6, 6.07) is 17.4. The predicted molar refractivity (Wildman–Crippen MR) is 114 cm³/mol. The van der Waals surface area contributed by atoms with Crippen LogP contribution in [-0.4, -0.2) is 32.1 Å². The molecule has 0 saturated carbocycles. The number of aryl methyl sites for hydroxylation is 1. The Morgan fingerprint density at radius 2 is 1.63 bits per heavy atom. The number of hydrogen-bond acceptors (Lipinski definition) is 3. The number of carbonyl (C=O) groups is 1. The maximum Gasteiger partial charge on any atom is 0.173 e. The van der Waals surface area contributed by atoms with E-state index in [1.54, 1.807) is 0 Å². The van der Waals surface area contributed by atoms with Crippen LogP contribution in [-0.2, 0) is 11.2 Å². The van der Waals surface area contributed by atoms with Crippen LogP contribution in [0.4, 0.5) is 14.5 Å². The van der Waals surface area contributed by atoms with E-state index in [4.69, 9.17) is 4.74 Å². The van der Waals surface area contributed by atoms with Gasteiger partial charge in [-0.3, -0.25) is 4.79 Å². The number of ether oxygens (including phenoxy) is 1. The number of hydrogen-bond donors (Lipinski definition) is 0.